The molecule has 1 aromatic carbocycles. The van der Waals surface area contributed by atoms with E-state index in [4.69, 9.17) is 0 Å². The van der Waals surface area contributed by atoms with Gasteiger partial charge in [0.15, 0.2) is 0 Å². The molecule has 1 fully saturated rings. The van der Waals surface area contributed by atoms with Gasteiger partial charge in [-0.3, -0.25) is 9.59 Å². The third kappa shape index (κ3) is 4.16. The predicted molar refractivity (Wildman–Crippen MR) is 103 cm³/mol. The van der Waals surface area contributed by atoms with E-state index in [1.54, 1.807) is 23.1 Å². The molecule has 1 aliphatic carbocycles. The Bertz CT molecular complexity index is 989. The van der Waals surface area contributed by atoms with Crippen molar-refractivity contribution in [1.82, 2.24) is 30.1 Å². The zero-order valence-corrected chi connectivity index (χ0v) is 15.4. The van der Waals surface area contributed by atoms with Gasteiger partial charge in [0.05, 0.1) is 6.04 Å². The van der Waals surface area contributed by atoms with Gasteiger partial charge in [-0.05, 0) is 37.0 Å². The Balaban J connectivity index is 1.30. The third-order valence-corrected chi connectivity index (χ3v) is 5.06. The first-order valence-corrected chi connectivity index (χ1v) is 9.49. The fraction of sp³-hybridized carbons (Fsp3) is 0.350. The molecule has 3 aromatic rings. The highest BCUT2D eigenvalue weighted by Crippen LogP contribution is 2.27. The molecule has 1 aliphatic rings. The summed E-state index contributed by atoms with van der Waals surface area (Å²) in [5.74, 6) is 0.492. The van der Waals surface area contributed by atoms with Gasteiger partial charge in [0.1, 0.15) is 6.54 Å². The maximum absolute atomic E-state index is 12.2. The Morgan fingerprint density at radius 1 is 1.04 bits per heavy atom. The highest BCUT2D eigenvalue weighted by Gasteiger charge is 2.25. The number of nitrogens with zero attached hydrogens (tertiary/aromatic N) is 5. The van der Waals surface area contributed by atoms with Crippen molar-refractivity contribution >= 4 is 5.91 Å². The number of hydrogen-bond acceptors (Lipinski definition) is 5. The molecule has 8 heteroatoms. The average molecular weight is 378 g/mol. The highest BCUT2D eigenvalue weighted by molar-refractivity contribution is 5.76. The van der Waals surface area contributed by atoms with Gasteiger partial charge in [0, 0.05) is 23.9 Å². The van der Waals surface area contributed by atoms with Crippen LogP contribution >= 0.6 is 0 Å². The van der Waals surface area contributed by atoms with Gasteiger partial charge in [0.2, 0.25) is 11.7 Å². The van der Waals surface area contributed by atoms with Crippen molar-refractivity contribution in [2.24, 2.45) is 0 Å². The lowest BCUT2D eigenvalue weighted by Crippen LogP contribution is -2.41. The van der Waals surface area contributed by atoms with Crippen molar-refractivity contribution in [2.75, 3.05) is 0 Å². The minimum absolute atomic E-state index is 0.0463. The van der Waals surface area contributed by atoms with Crippen LogP contribution in [0.15, 0.2) is 59.5 Å². The second-order valence-corrected chi connectivity index (χ2v) is 7.04. The number of benzene rings is 1. The Labute approximate surface area is 162 Å². The number of carbonyl (C=O) groups is 1. The second-order valence-electron chi connectivity index (χ2n) is 7.04. The summed E-state index contributed by atoms with van der Waals surface area (Å²) in [4.78, 5) is 25.6. The van der Waals surface area contributed by atoms with Crippen LogP contribution in [0.5, 0.6) is 0 Å². The molecule has 0 spiro atoms. The predicted octanol–water partition coefficient (Wildman–Crippen LogP) is 1.80. The van der Waals surface area contributed by atoms with Gasteiger partial charge < -0.3 is 9.88 Å². The van der Waals surface area contributed by atoms with E-state index in [1.807, 2.05) is 30.3 Å². The topological polar surface area (TPSA) is 94.7 Å². The number of carbonyl (C=O) groups excluding carboxylic acids is 1. The second kappa shape index (κ2) is 8.16. The molecular formula is C20H22N6O2. The monoisotopic (exact) mass is 378 g/mol. The largest absolute Gasteiger partial charge is 0.352 e. The summed E-state index contributed by atoms with van der Waals surface area (Å²) in [5.41, 5.74) is 0.777. The average Bonchev–Trinajstić information content (AvgIpc) is 3.21. The molecule has 144 valence electrons. The van der Waals surface area contributed by atoms with E-state index in [9.17, 15) is 9.59 Å². The number of amides is 1. The van der Waals surface area contributed by atoms with Crippen LogP contribution in [-0.2, 0) is 11.3 Å². The molecule has 2 heterocycles. The number of nitrogens with one attached hydrogen (secondary N) is 1. The van der Waals surface area contributed by atoms with Crippen molar-refractivity contribution < 1.29 is 4.79 Å². The lowest BCUT2D eigenvalue weighted by atomic mass is 9.91. The normalized spacial score (nSPS) is 19.3. The summed E-state index contributed by atoms with van der Waals surface area (Å²) in [6.07, 6.45) is 5.08. The molecule has 0 bridgehead atoms. The number of aromatic nitrogens is 5. The standard InChI is InChI=1S/C20H22N6O2/c27-18(14-25-13-5-4-8-19(25)28)21-16-9-11-17(12-10-16)26-23-20(22-24-26)15-6-2-1-3-7-15/h1-8,13,16-17H,9-12,14H2,(H,21,27). The van der Waals surface area contributed by atoms with Crippen LogP contribution in [0.2, 0.25) is 0 Å². The Kier molecular flexibility index (Phi) is 5.27. The summed E-state index contributed by atoms with van der Waals surface area (Å²) in [6, 6.07) is 15.0. The number of tetrazole rings is 1. The number of pyridine rings is 1. The molecule has 8 nitrogen and oxygen atoms in total. The molecule has 1 amide bonds. The minimum Gasteiger partial charge on any atom is -0.352 e. The molecule has 0 aliphatic heterocycles. The van der Waals surface area contributed by atoms with Crippen molar-refractivity contribution in [3.8, 4) is 11.4 Å². The summed E-state index contributed by atoms with van der Waals surface area (Å²) in [6.45, 7) is 0.0463. The highest BCUT2D eigenvalue weighted by atomic mass is 16.2. The van der Waals surface area contributed by atoms with E-state index >= 15 is 0 Å². The molecule has 28 heavy (non-hydrogen) atoms. The van der Waals surface area contributed by atoms with Crippen LogP contribution in [0, 0.1) is 0 Å². The first-order valence-electron chi connectivity index (χ1n) is 9.49. The molecule has 4 rings (SSSR count). The van der Waals surface area contributed by atoms with E-state index in [1.165, 1.54) is 10.6 Å². The fourth-order valence-electron chi connectivity index (χ4n) is 3.55. The third-order valence-electron chi connectivity index (χ3n) is 5.06. The zero-order chi connectivity index (χ0) is 19.3. The van der Waals surface area contributed by atoms with Gasteiger partial charge in [-0.2, -0.15) is 4.80 Å². The van der Waals surface area contributed by atoms with Crippen LogP contribution in [0.25, 0.3) is 11.4 Å². The summed E-state index contributed by atoms with van der Waals surface area (Å²) in [5, 5.41) is 15.9. The first-order chi connectivity index (χ1) is 13.7. The Morgan fingerprint density at radius 3 is 2.54 bits per heavy atom. The van der Waals surface area contributed by atoms with Crippen molar-refractivity contribution in [3.63, 3.8) is 0 Å². The van der Waals surface area contributed by atoms with Crippen LogP contribution in [0.1, 0.15) is 31.7 Å². The molecule has 0 unspecified atom stereocenters. The van der Waals surface area contributed by atoms with Crippen LogP contribution in [-0.4, -0.2) is 36.7 Å². The molecular weight excluding hydrogens is 356 g/mol. The first kappa shape index (κ1) is 18.1. The summed E-state index contributed by atoms with van der Waals surface area (Å²) >= 11 is 0. The van der Waals surface area contributed by atoms with Crippen molar-refractivity contribution in [1.29, 1.82) is 0 Å². The molecule has 0 saturated heterocycles. The van der Waals surface area contributed by atoms with E-state index in [0.717, 1.165) is 31.2 Å². The van der Waals surface area contributed by atoms with Crippen LogP contribution in [0.3, 0.4) is 0 Å². The molecule has 0 radical (unpaired) electrons. The SMILES string of the molecule is O=C(Cn1ccccc1=O)NC1CCC(n2nnc(-c3ccccc3)n2)CC1. The van der Waals surface area contributed by atoms with Gasteiger partial charge in [-0.1, -0.05) is 36.4 Å². The van der Waals surface area contributed by atoms with Crippen molar-refractivity contribution in [2.45, 2.75) is 44.3 Å². The molecule has 2 aromatic heterocycles. The lowest BCUT2D eigenvalue weighted by molar-refractivity contribution is -0.122. The zero-order valence-electron chi connectivity index (χ0n) is 15.4. The fourth-order valence-corrected chi connectivity index (χ4v) is 3.55. The number of hydrogen-bond donors (Lipinski definition) is 1. The molecule has 1 N–H and O–H groups in total. The van der Waals surface area contributed by atoms with Crippen molar-refractivity contribution in [3.05, 3.63) is 65.1 Å². The summed E-state index contributed by atoms with van der Waals surface area (Å²) < 4.78 is 1.41. The minimum atomic E-state index is -0.173. The lowest BCUT2D eigenvalue weighted by Gasteiger charge is -2.28. The smallest absolute Gasteiger partial charge is 0.250 e. The quantitative estimate of drug-likeness (QED) is 0.731. The molecule has 1 saturated carbocycles. The van der Waals surface area contributed by atoms with Crippen LogP contribution < -0.4 is 10.9 Å². The maximum Gasteiger partial charge on any atom is 0.250 e. The van der Waals surface area contributed by atoms with Gasteiger partial charge in [-0.15, -0.1) is 10.2 Å². The molecule has 0 atom stereocenters. The summed E-state index contributed by atoms with van der Waals surface area (Å²) in [7, 11) is 0. The number of rotatable bonds is 5. The maximum atomic E-state index is 12.2. The van der Waals surface area contributed by atoms with Gasteiger partial charge >= 0.3 is 0 Å². The Morgan fingerprint density at radius 2 is 1.79 bits per heavy atom. The van der Waals surface area contributed by atoms with Crippen LogP contribution in [0.4, 0.5) is 0 Å². The van der Waals surface area contributed by atoms with E-state index in [0.29, 0.717) is 5.82 Å². The van der Waals surface area contributed by atoms with E-state index in [-0.39, 0.29) is 30.1 Å². The van der Waals surface area contributed by atoms with Gasteiger partial charge in [-0.25, -0.2) is 0 Å². The Hall–Kier alpha value is -3.29. The van der Waals surface area contributed by atoms with E-state index < -0.39 is 0 Å². The van der Waals surface area contributed by atoms with Gasteiger partial charge in [0.25, 0.3) is 5.56 Å². The van der Waals surface area contributed by atoms with E-state index in [2.05, 4.69) is 20.7 Å².